The predicted octanol–water partition coefficient (Wildman–Crippen LogP) is 14.1. The normalized spacial score (nSPS) is 13.4. The van der Waals surface area contributed by atoms with Gasteiger partial charge in [-0.05, 0) is 88.2 Å². The molecule has 0 spiro atoms. The fraction of sp³-hybridized carbons (Fsp3) is 0.226. The van der Waals surface area contributed by atoms with Gasteiger partial charge in [-0.1, -0.05) is 134 Å². The van der Waals surface area contributed by atoms with E-state index in [1.54, 1.807) is 0 Å². The van der Waals surface area contributed by atoms with Gasteiger partial charge in [0.25, 0.3) is 0 Å². The van der Waals surface area contributed by atoms with Gasteiger partial charge in [0.05, 0.1) is 22.4 Å². The molecule has 0 bridgehead atoms. The van der Waals surface area contributed by atoms with Gasteiger partial charge in [-0.15, -0.1) is 0 Å². The quantitative estimate of drug-likeness (QED) is 0.162. The molecule has 9 rings (SSSR count). The number of para-hydroxylation sites is 3. The summed E-state index contributed by atoms with van der Waals surface area (Å²) in [6.07, 6.45) is 1.93. The van der Waals surface area contributed by atoms with Crippen LogP contribution in [0.4, 0.5) is 22.7 Å². The Hall–Kier alpha value is -6.33. The Labute approximate surface area is 343 Å². The molecule has 0 fully saturated rings. The van der Waals surface area contributed by atoms with Crippen LogP contribution in [0, 0.1) is 0 Å². The van der Waals surface area contributed by atoms with Crippen LogP contribution in [-0.2, 0) is 16.2 Å². The SMILES string of the molecule is CC(C)(C)c1cccc(N2CN(c3ccc(C(C)(C)c4ccccc4)c(Oc4ccc5c6ccccc6n(-c6cc(C(C)(C)C)ccn6)c5c4)c3)c3ccccc32)c1. The molecular formula is C53H52N4O. The Kier molecular flexibility index (Phi) is 8.96. The minimum atomic E-state index is -0.339. The summed E-state index contributed by atoms with van der Waals surface area (Å²) >= 11 is 0. The maximum absolute atomic E-state index is 7.17. The predicted molar refractivity (Wildman–Crippen MR) is 243 cm³/mol. The third-order valence-corrected chi connectivity index (χ3v) is 11.9. The highest BCUT2D eigenvalue weighted by Crippen LogP contribution is 2.48. The van der Waals surface area contributed by atoms with Crippen molar-refractivity contribution >= 4 is 44.6 Å². The van der Waals surface area contributed by atoms with Crippen molar-refractivity contribution in [2.24, 2.45) is 0 Å². The summed E-state index contributed by atoms with van der Waals surface area (Å²) in [6, 6.07) is 54.6. The lowest BCUT2D eigenvalue weighted by atomic mass is 9.77. The van der Waals surface area contributed by atoms with E-state index in [1.807, 2.05) is 6.20 Å². The highest BCUT2D eigenvalue weighted by atomic mass is 16.5. The summed E-state index contributed by atoms with van der Waals surface area (Å²) in [7, 11) is 0. The van der Waals surface area contributed by atoms with Crippen LogP contribution in [0.5, 0.6) is 11.5 Å². The summed E-state index contributed by atoms with van der Waals surface area (Å²) in [4.78, 5) is 9.74. The van der Waals surface area contributed by atoms with E-state index in [0.29, 0.717) is 6.67 Å². The van der Waals surface area contributed by atoms with Crippen LogP contribution in [0.2, 0.25) is 0 Å². The third kappa shape index (κ3) is 6.58. The van der Waals surface area contributed by atoms with Crippen molar-refractivity contribution in [2.75, 3.05) is 16.5 Å². The number of hydrogen-bond acceptors (Lipinski definition) is 4. The second-order valence-corrected chi connectivity index (χ2v) is 18.2. The number of pyridine rings is 1. The van der Waals surface area contributed by atoms with Crippen LogP contribution in [-0.4, -0.2) is 16.2 Å². The summed E-state index contributed by atoms with van der Waals surface area (Å²) < 4.78 is 9.45. The molecule has 3 heterocycles. The molecule has 0 amide bonds. The minimum absolute atomic E-state index is 0.0129. The van der Waals surface area contributed by atoms with Gasteiger partial charge < -0.3 is 14.5 Å². The van der Waals surface area contributed by atoms with Gasteiger partial charge in [0, 0.05) is 51.5 Å². The minimum Gasteiger partial charge on any atom is -0.457 e. The van der Waals surface area contributed by atoms with Crippen LogP contribution in [0.1, 0.15) is 77.6 Å². The number of ether oxygens (including phenoxy) is 1. The monoisotopic (exact) mass is 760 g/mol. The van der Waals surface area contributed by atoms with Crippen molar-refractivity contribution in [1.29, 1.82) is 0 Å². The van der Waals surface area contributed by atoms with E-state index in [9.17, 15) is 0 Å². The molecule has 5 nitrogen and oxygen atoms in total. The number of nitrogens with zero attached hydrogens (tertiary/aromatic N) is 4. The lowest BCUT2D eigenvalue weighted by molar-refractivity contribution is 0.462. The van der Waals surface area contributed by atoms with E-state index in [1.165, 1.54) is 39.1 Å². The highest BCUT2D eigenvalue weighted by Gasteiger charge is 2.32. The van der Waals surface area contributed by atoms with Gasteiger partial charge in [0.1, 0.15) is 24.0 Å². The zero-order valence-corrected chi connectivity index (χ0v) is 34.9. The molecular weight excluding hydrogens is 709 g/mol. The topological polar surface area (TPSA) is 33.5 Å². The Morgan fingerprint density at radius 1 is 0.500 bits per heavy atom. The number of anilines is 4. The van der Waals surface area contributed by atoms with Gasteiger partial charge in [-0.3, -0.25) is 4.57 Å². The molecule has 290 valence electrons. The number of fused-ring (bicyclic) bond motifs is 4. The summed E-state index contributed by atoms with van der Waals surface area (Å²) in [5.41, 5.74) is 11.4. The molecule has 5 heteroatoms. The fourth-order valence-electron chi connectivity index (χ4n) is 8.48. The van der Waals surface area contributed by atoms with Gasteiger partial charge >= 0.3 is 0 Å². The third-order valence-electron chi connectivity index (χ3n) is 11.9. The zero-order chi connectivity index (χ0) is 40.4. The Bertz CT molecular complexity index is 2800. The molecule has 0 radical (unpaired) electrons. The molecule has 2 aromatic heterocycles. The lowest BCUT2D eigenvalue weighted by Gasteiger charge is -2.30. The van der Waals surface area contributed by atoms with Gasteiger partial charge in [0.2, 0.25) is 0 Å². The van der Waals surface area contributed by atoms with Gasteiger partial charge in [-0.2, -0.15) is 0 Å². The Morgan fingerprint density at radius 3 is 1.84 bits per heavy atom. The second kappa shape index (κ2) is 13.9. The standard InChI is InChI=1S/C53H52N4O/c1-51(2,3)37-19-16-20-39(31-37)55-35-56(47-24-15-14-23-46(47)55)40-25-28-44(53(7,8)36-17-10-9-11-18-36)49(33-40)58-41-26-27-43-42-21-12-13-22-45(42)57(48(43)34-41)50-32-38(29-30-54-50)52(4,5)6/h9-34H,35H2,1-8H3. The second-order valence-electron chi connectivity index (χ2n) is 18.2. The number of benzene rings is 6. The summed E-state index contributed by atoms with van der Waals surface area (Å²) in [5.74, 6) is 2.49. The molecule has 8 aromatic rings. The van der Waals surface area contributed by atoms with Crippen LogP contribution in [0.3, 0.4) is 0 Å². The zero-order valence-electron chi connectivity index (χ0n) is 34.9. The molecule has 6 aromatic carbocycles. The van der Waals surface area contributed by atoms with E-state index in [2.05, 4.69) is 221 Å². The maximum Gasteiger partial charge on any atom is 0.137 e. The molecule has 0 N–H and O–H groups in total. The average Bonchev–Trinajstić information content (AvgIpc) is 3.77. The summed E-state index contributed by atoms with van der Waals surface area (Å²) in [6.45, 7) is 18.8. The highest BCUT2D eigenvalue weighted by molar-refractivity contribution is 6.09. The largest absolute Gasteiger partial charge is 0.457 e. The van der Waals surface area contributed by atoms with Crippen LogP contribution < -0.4 is 14.5 Å². The Balaban J connectivity index is 1.17. The Morgan fingerprint density at radius 2 is 1.12 bits per heavy atom. The molecule has 0 aliphatic carbocycles. The average molecular weight is 761 g/mol. The van der Waals surface area contributed by atoms with Crippen molar-refractivity contribution in [3.8, 4) is 17.3 Å². The van der Waals surface area contributed by atoms with E-state index >= 15 is 0 Å². The maximum atomic E-state index is 7.17. The first-order valence-electron chi connectivity index (χ1n) is 20.4. The number of rotatable bonds is 7. The smallest absolute Gasteiger partial charge is 0.137 e. The molecule has 0 atom stereocenters. The number of hydrogen-bond donors (Lipinski definition) is 0. The molecule has 0 saturated heterocycles. The van der Waals surface area contributed by atoms with Crippen molar-refractivity contribution in [3.05, 3.63) is 180 Å². The molecule has 58 heavy (non-hydrogen) atoms. The fourth-order valence-corrected chi connectivity index (χ4v) is 8.48. The van der Waals surface area contributed by atoms with Crippen LogP contribution in [0.25, 0.3) is 27.6 Å². The molecule has 0 unspecified atom stereocenters. The van der Waals surface area contributed by atoms with E-state index in [-0.39, 0.29) is 16.2 Å². The van der Waals surface area contributed by atoms with Crippen molar-refractivity contribution in [3.63, 3.8) is 0 Å². The molecule has 1 aliphatic rings. The molecule has 0 saturated carbocycles. The van der Waals surface area contributed by atoms with E-state index < -0.39 is 0 Å². The van der Waals surface area contributed by atoms with E-state index in [4.69, 9.17) is 9.72 Å². The number of aromatic nitrogens is 2. The van der Waals surface area contributed by atoms with Gasteiger partial charge in [0.15, 0.2) is 0 Å². The molecule has 1 aliphatic heterocycles. The first kappa shape index (κ1) is 37.3. The van der Waals surface area contributed by atoms with Crippen molar-refractivity contribution in [1.82, 2.24) is 9.55 Å². The van der Waals surface area contributed by atoms with E-state index in [0.717, 1.165) is 45.0 Å². The van der Waals surface area contributed by atoms with Crippen LogP contribution >= 0.6 is 0 Å². The lowest BCUT2D eigenvalue weighted by Crippen LogP contribution is -2.25. The first-order chi connectivity index (χ1) is 27.8. The van der Waals surface area contributed by atoms with Crippen LogP contribution in [0.15, 0.2) is 158 Å². The van der Waals surface area contributed by atoms with Crippen molar-refractivity contribution in [2.45, 2.75) is 71.6 Å². The first-order valence-corrected chi connectivity index (χ1v) is 20.4. The van der Waals surface area contributed by atoms with Gasteiger partial charge in [-0.25, -0.2) is 4.98 Å². The summed E-state index contributed by atoms with van der Waals surface area (Å²) in [5, 5.41) is 2.35. The van der Waals surface area contributed by atoms with Crippen molar-refractivity contribution < 1.29 is 4.74 Å².